The first-order valence-electron chi connectivity index (χ1n) is 6.78. The molecule has 0 unspecified atom stereocenters. The summed E-state index contributed by atoms with van der Waals surface area (Å²) in [6.45, 7) is 5.33. The van der Waals surface area contributed by atoms with Gasteiger partial charge in [0.25, 0.3) is 5.91 Å². The van der Waals surface area contributed by atoms with Gasteiger partial charge < -0.3 is 20.7 Å². The normalized spacial score (nSPS) is 21.3. The topological polar surface area (TPSA) is 111 Å². The molecule has 1 amide bonds. The van der Waals surface area contributed by atoms with Crippen LogP contribution in [0.3, 0.4) is 0 Å². The third kappa shape index (κ3) is 2.97. The summed E-state index contributed by atoms with van der Waals surface area (Å²) in [5, 5.41) is 14.6. The smallest absolute Gasteiger partial charge is 0.320 e. The second kappa shape index (κ2) is 5.69. The Morgan fingerprint density at radius 2 is 1.95 bits per heavy atom. The first kappa shape index (κ1) is 15.2. The molecule has 2 rings (SSSR count). The lowest BCUT2D eigenvalue weighted by Gasteiger charge is -2.12. The van der Waals surface area contributed by atoms with Crippen LogP contribution in [0.25, 0.3) is 0 Å². The summed E-state index contributed by atoms with van der Waals surface area (Å²) in [5.74, 6) is -1.32. The summed E-state index contributed by atoms with van der Waals surface area (Å²) in [6.07, 6.45) is 0.350. The molecule has 1 fully saturated rings. The quantitative estimate of drug-likeness (QED) is 0.600. The highest BCUT2D eigenvalue weighted by Crippen LogP contribution is 2.19. The Bertz CT molecular complexity index is 606. The molecule has 2 heterocycles. The Kier molecular flexibility index (Phi) is 4.13. The number of aromatic nitrogens is 1. The molecule has 7 heteroatoms. The number of carboxylic acids is 1. The molecule has 1 aliphatic rings. The van der Waals surface area contributed by atoms with Crippen LogP contribution in [0, 0.1) is 13.8 Å². The highest BCUT2D eigenvalue weighted by Gasteiger charge is 2.31. The number of ketones is 1. The van der Waals surface area contributed by atoms with Crippen LogP contribution in [0.5, 0.6) is 0 Å². The van der Waals surface area contributed by atoms with Gasteiger partial charge in [-0.3, -0.25) is 14.4 Å². The average molecular weight is 293 g/mol. The van der Waals surface area contributed by atoms with Gasteiger partial charge in [0, 0.05) is 25.2 Å². The fourth-order valence-corrected chi connectivity index (χ4v) is 2.73. The van der Waals surface area contributed by atoms with E-state index >= 15 is 0 Å². The van der Waals surface area contributed by atoms with E-state index in [9.17, 15) is 14.4 Å². The molecule has 0 saturated carbocycles. The average Bonchev–Trinajstić information content (AvgIpc) is 2.94. The molecule has 1 aromatic heterocycles. The first-order valence-corrected chi connectivity index (χ1v) is 6.78. The third-order valence-corrected chi connectivity index (χ3v) is 3.78. The van der Waals surface area contributed by atoms with Gasteiger partial charge >= 0.3 is 5.97 Å². The number of aromatic amines is 1. The summed E-state index contributed by atoms with van der Waals surface area (Å²) in [5.41, 5.74) is 2.15. The highest BCUT2D eigenvalue weighted by atomic mass is 16.4. The zero-order valence-corrected chi connectivity index (χ0v) is 12.2. The Hall–Kier alpha value is -2.15. The molecule has 1 aliphatic heterocycles. The van der Waals surface area contributed by atoms with Gasteiger partial charge in [0.05, 0.1) is 11.3 Å². The van der Waals surface area contributed by atoms with Gasteiger partial charge in [-0.05, 0) is 25.8 Å². The predicted octanol–water partition coefficient (Wildman–Crippen LogP) is 0.379. The molecule has 114 valence electrons. The van der Waals surface area contributed by atoms with Crippen LogP contribution < -0.4 is 10.6 Å². The third-order valence-electron chi connectivity index (χ3n) is 3.78. The van der Waals surface area contributed by atoms with Crippen LogP contribution >= 0.6 is 0 Å². The van der Waals surface area contributed by atoms with Crippen molar-refractivity contribution in [1.82, 2.24) is 15.6 Å². The number of H-pyrrole nitrogens is 1. The lowest BCUT2D eigenvalue weighted by Crippen LogP contribution is -2.36. The van der Waals surface area contributed by atoms with Crippen LogP contribution in [0.1, 0.15) is 45.4 Å². The summed E-state index contributed by atoms with van der Waals surface area (Å²) in [6, 6.07) is -0.857. The minimum absolute atomic E-state index is 0.122. The first-order chi connectivity index (χ1) is 9.81. The molecule has 21 heavy (non-hydrogen) atoms. The number of carboxylic acid groups (broad SMARTS) is 1. The maximum atomic E-state index is 12.3. The van der Waals surface area contributed by atoms with Gasteiger partial charge in [0.1, 0.15) is 6.04 Å². The van der Waals surface area contributed by atoms with Crippen molar-refractivity contribution in [2.45, 2.75) is 39.3 Å². The number of Topliss-reactive ketones (excluding diaryl/α,β-unsaturated/α-hetero) is 1. The van der Waals surface area contributed by atoms with Crippen molar-refractivity contribution >= 4 is 17.7 Å². The predicted molar refractivity (Wildman–Crippen MR) is 75.6 cm³/mol. The van der Waals surface area contributed by atoms with E-state index in [1.54, 1.807) is 13.8 Å². The number of rotatable bonds is 4. The summed E-state index contributed by atoms with van der Waals surface area (Å²) >= 11 is 0. The molecule has 0 spiro atoms. The van der Waals surface area contributed by atoms with Crippen LogP contribution in [-0.2, 0) is 4.79 Å². The minimum atomic E-state index is -0.917. The van der Waals surface area contributed by atoms with Gasteiger partial charge in [0.15, 0.2) is 5.78 Å². The monoisotopic (exact) mass is 293 g/mol. The fraction of sp³-hybridized carbons (Fsp3) is 0.500. The number of hydrogen-bond acceptors (Lipinski definition) is 4. The van der Waals surface area contributed by atoms with Gasteiger partial charge in [-0.25, -0.2) is 0 Å². The van der Waals surface area contributed by atoms with E-state index in [1.807, 2.05) is 0 Å². The van der Waals surface area contributed by atoms with Crippen molar-refractivity contribution in [3.8, 4) is 0 Å². The molecule has 1 aromatic rings. The fourth-order valence-electron chi connectivity index (χ4n) is 2.73. The van der Waals surface area contributed by atoms with Crippen LogP contribution in [0.4, 0.5) is 0 Å². The van der Waals surface area contributed by atoms with E-state index in [1.165, 1.54) is 6.92 Å². The van der Waals surface area contributed by atoms with E-state index in [0.29, 0.717) is 35.5 Å². The van der Waals surface area contributed by atoms with Crippen molar-refractivity contribution < 1.29 is 19.5 Å². The number of aryl methyl sites for hydroxylation is 1. The Labute approximate surface area is 122 Å². The van der Waals surface area contributed by atoms with E-state index in [0.717, 1.165) is 0 Å². The standard InChI is InChI=1S/C14H19N3O4/c1-6-11(7(2)16-12(6)8(3)18)13(19)17-9-4-10(14(20)21)15-5-9/h9-10,15-16H,4-5H2,1-3H3,(H,17,19)(H,20,21)/t9-,10+/m1/s1. The van der Waals surface area contributed by atoms with Gasteiger partial charge in [-0.2, -0.15) is 0 Å². The second-order valence-electron chi connectivity index (χ2n) is 5.39. The SMILES string of the molecule is CC(=O)c1[nH]c(C)c(C(=O)N[C@H]2CN[C@H](C(=O)O)C2)c1C. The van der Waals surface area contributed by atoms with Gasteiger partial charge in [-0.1, -0.05) is 0 Å². The summed E-state index contributed by atoms with van der Waals surface area (Å²) in [7, 11) is 0. The molecule has 0 aromatic carbocycles. The molecular weight excluding hydrogens is 274 g/mol. The Morgan fingerprint density at radius 3 is 2.43 bits per heavy atom. The van der Waals surface area contributed by atoms with Crippen molar-refractivity contribution in [3.05, 3.63) is 22.5 Å². The number of aliphatic carboxylic acids is 1. The van der Waals surface area contributed by atoms with E-state index < -0.39 is 12.0 Å². The van der Waals surface area contributed by atoms with Crippen molar-refractivity contribution in [3.63, 3.8) is 0 Å². The zero-order valence-electron chi connectivity index (χ0n) is 12.2. The molecule has 1 saturated heterocycles. The molecule has 0 bridgehead atoms. The lowest BCUT2D eigenvalue weighted by molar-refractivity contribution is -0.139. The van der Waals surface area contributed by atoms with Gasteiger partial charge in [0.2, 0.25) is 0 Å². The van der Waals surface area contributed by atoms with E-state index in [2.05, 4.69) is 15.6 Å². The number of carbonyl (C=O) groups excluding carboxylic acids is 2. The molecule has 4 N–H and O–H groups in total. The maximum absolute atomic E-state index is 12.3. The molecule has 2 atom stereocenters. The van der Waals surface area contributed by atoms with Crippen LogP contribution in [0.15, 0.2) is 0 Å². The largest absolute Gasteiger partial charge is 0.480 e. The van der Waals surface area contributed by atoms with Crippen molar-refractivity contribution in [1.29, 1.82) is 0 Å². The molecule has 0 aliphatic carbocycles. The van der Waals surface area contributed by atoms with Crippen molar-refractivity contribution in [2.75, 3.05) is 6.54 Å². The van der Waals surface area contributed by atoms with Crippen LogP contribution in [-0.4, -0.2) is 46.4 Å². The van der Waals surface area contributed by atoms with Crippen LogP contribution in [0.2, 0.25) is 0 Å². The lowest BCUT2D eigenvalue weighted by atomic mass is 10.1. The number of hydrogen-bond donors (Lipinski definition) is 4. The Morgan fingerprint density at radius 1 is 1.29 bits per heavy atom. The Balaban J connectivity index is 2.11. The highest BCUT2D eigenvalue weighted by molar-refractivity contribution is 6.02. The van der Waals surface area contributed by atoms with E-state index in [4.69, 9.17) is 5.11 Å². The molecule has 7 nitrogen and oxygen atoms in total. The van der Waals surface area contributed by atoms with Gasteiger partial charge in [-0.15, -0.1) is 0 Å². The molecular formula is C14H19N3O4. The summed E-state index contributed by atoms with van der Waals surface area (Å²) in [4.78, 5) is 37.6. The van der Waals surface area contributed by atoms with Crippen molar-refractivity contribution in [2.24, 2.45) is 0 Å². The number of nitrogens with one attached hydrogen (secondary N) is 3. The van der Waals surface area contributed by atoms with E-state index in [-0.39, 0.29) is 17.7 Å². The second-order valence-corrected chi connectivity index (χ2v) is 5.39. The summed E-state index contributed by atoms with van der Waals surface area (Å²) < 4.78 is 0. The maximum Gasteiger partial charge on any atom is 0.320 e. The molecule has 0 radical (unpaired) electrons. The zero-order chi connectivity index (χ0) is 15.7. The minimum Gasteiger partial charge on any atom is -0.480 e. The number of amides is 1. The number of carbonyl (C=O) groups is 3.